The first-order valence-corrected chi connectivity index (χ1v) is 8.34. The second kappa shape index (κ2) is 10.9. The third-order valence-electron chi connectivity index (χ3n) is 3.96. The highest BCUT2D eigenvalue weighted by molar-refractivity contribution is 5.76. The minimum absolute atomic E-state index is 0.0966. The number of methoxy groups -OCH3 is 2. The van der Waals surface area contributed by atoms with Crippen molar-refractivity contribution in [2.24, 2.45) is 0 Å². The van der Waals surface area contributed by atoms with E-state index in [2.05, 4.69) is 24.1 Å². The summed E-state index contributed by atoms with van der Waals surface area (Å²) in [6.45, 7) is 8.20. The first-order valence-electron chi connectivity index (χ1n) is 8.34. The van der Waals surface area contributed by atoms with Gasteiger partial charge >= 0.3 is 0 Å². The third-order valence-corrected chi connectivity index (χ3v) is 3.96. The monoisotopic (exact) mass is 322 g/mol. The van der Waals surface area contributed by atoms with Crippen LogP contribution >= 0.6 is 0 Å². The summed E-state index contributed by atoms with van der Waals surface area (Å²) in [4.78, 5) is 14.3. The minimum Gasteiger partial charge on any atom is -0.493 e. The molecule has 5 heteroatoms. The van der Waals surface area contributed by atoms with Gasteiger partial charge in [-0.15, -0.1) is 0 Å². The van der Waals surface area contributed by atoms with Crippen molar-refractivity contribution >= 4 is 5.91 Å². The van der Waals surface area contributed by atoms with Gasteiger partial charge in [0.05, 0.1) is 14.2 Å². The second-order valence-corrected chi connectivity index (χ2v) is 5.42. The summed E-state index contributed by atoms with van der Waals surface area (Å²) in [5, 5.41) is 2.99. The molecule has 0 fully saturated rings. The lowest BCUT2D eigenvalue weighted by Crippen LogP contribution is -2.30. The highest BCUT2D eigenvalue weighted by atomic mass is 16.5. The molecule has 0 unspecified atom stereocenters. The maximum Gasteiger partial charge on any atom is 0.220 e. The molecule has 0 heterocycles. The van der Waals surface area contributed by atoms with Crippen LogP contribution < -0.4 is 14.8 Å². The molecule has 1 aromatic carbocycles. The fourth-order valence-electron chi connectivity index (χ4n) is 2.45. The maximum absolute atomic E-state index is 11.9. The van der Waals surface area contributed by atoms with Crippen LogP contribution in [0.2, 0.25) is 0 Å². The Morgan fingerprint density at radius 3 is 2.43 bits per heavy atom. The van der Waals surface area contributed by atoms with Crippen molar-refractivity contribution in [1.29, 1.82) is 0 Å². The van der Waals surface area contributed by atoms with Crippen molar-refractivity contribution in [3.8, 4) is 11.5 Å². The maximum atomic E-state index is 11.9. The summed E-state index contributed by atoms with van der Waals surface area (Å²) in [6, 6.07) is 5.76. The quantitative estimate of drug-likeness (QED) is 0.636. The summed E-state index contributed by atoms with van der Waals surface area (Å²) in [6.07, 6.45) is 2.17. The van der Waals surface area contributed by atoms with Gasteiger partial charge in [0.15, 0.2) is 11.5 Å². The first-order chi connectivity index (χ1) is 11.1. The second-order valence-electron chi connectivity index (χ2n) is 5.42. The van der Waals surface area contributed by atoms with E-state index in [1.807, 2.05) is 18.2 Å². The molecule has 0 saturated carbocycles. The molecule has 0 saturated heterocycles. The Bertz CT molecular complexity index is 473. The molecule has 1 aromatic rings. The predicted molar refractivity (Wildman–Crippen MR) is 93.3 cm³/mol. The molecule has 1 amide bonds. The number of ether oxygens (including phenoxy) is 2. The summed E-state index contributed by atoms with van der Waals surface area (Å²) in [5.74, 6) is 1.50. The average molecular weight is 322 g/mol. The number of hydrogen-bond acceptors (Lipinski definition) is 4. The lowest BCUT2D eigenvalue weighted by molar-refractivity contribution is -0.121. The Morgan fingerprint density at radius 1 is 1.13 bits per heavy atom. The zero-order chi connectivity index (χ0) is 17.1. The molecule has 1 rings (SSSR count). The number of carbonyl (C=O) groups excluding carboxylic acids is 1. The van der Waals surface area contributed by atoms with Crippen LogP contribution in [0.5, 0.6) is 11.5 Å². The van der Waals surface area contributed by atoms with E-state index in [9.17, 15) is 4.79 Å². The van der Waals surface area contributed by atoms with Crippen molar-refractivity contribution in [3.63, 3.8) is 0 Å². The number of aryl methyl sites for hydroxylation is 1. The molecule has 0 atom stereocenters. The molecule has 0 aliphatic rings. The van der Waals surface area contributed by atoms with Gasteiger partial charge in [0.2, 0.25) is 5.91 Å². The lowest BCUT2D eigenvalue weighted by atomic mass is 10.1. The van der Waals surface area contributed by atoms with E-state index in [4.69, 9.17) is 9.47 Å². The van der Waals surface area contributed by atoms with Crippen LogP contribution in [0.25, 0.3) is 0 Å². The topological polar surface area (TPSA) is 50.8 Å². The van der Waals surface area contributed by atoms with Crippen molar-refractivity contribution in [2.45, 2.75) is 33.1 Å². The number of nitrogens with one attached hydrogen (secondary N) is 1. The number of amides is 1. The van der Waals surface area contributed by atoms with Crippen molar-refractivity contribution in [2.75, 3.05) is 40.4 Å². The van der Waals surface area contributed by atoms with Gasteiger partial charge in [-0.3, -0.25) is 4.79 Å². The number of rotatable bonds is 11. The normalized spacial score (nSPS) is 10.7. The molecule has 130 valence electrons. The van der Waals surface area contributed by atoms with E-state index in [1.165, 1.54) is 0 Å². The molecule has 0 bridgehead atoms. The highest BCUT2D eigenvalue weighted by Gasteiger charge is 2.07. The van der Waals surface area contributed by atoms with Gasteiger partial charge in [0, 0.05) is 13.0 Å². The molecular weight excluding hydrogens is 292 g/mol. The van der Waals surface area contributed by atoms with Crippen LogP contribution in [0, 0.1) is 0 Å². The Balaban J connectivity index is 2.30. The molecule has 0 radical (unpaired) electrons. The van der Waals surface area contributed by atoms with Crippen LogP contribution in [0.4, 0.5) is 0 Å². The number of carbonyl (C=O) groups is 1. The van der Waals surface area contributed by atoms with Gasteiger partial charge in [0.25, 0.3) is 0 Å². The molecule has 0 spiro atoms. The zero-order valence-electron chi connectivity index (χ0n) is 14.9. The lowest BCUT2D eigenvalue weighted by Gasteiger charge is -2.17. The largest absolute Gasteiger partial charge is 0.493 e. The van der Waals surface area contributed by atoms with Crippen LogP contribution in [-0.4, -0.2) is 51.2 Å². The van der Waals surface area contributed by atoms with E-state index in [1.54, 1.807) is 14.2 Å². The van der Waals surface area contributed by atoms with E-state index in [-0.39, 0.29) is 5.91 Å². The van der Waals surface area contributed by atoms with Crippen LogP contribution in [0.3, 0.4) is 0 Å². The van der Waals surface area contributed by atoms with E-state index >= 15 is 0 Å². The smallest absolute Gasteiger partial charge is 0.220 e. The Morgan fingerprint density at radius 2 is 1.83 bits per heavy atom. The molecule has 1 N–H and O–H groups in total. The van der Waals surface area contributed by atoms with Crippen molar-refractivity contribution in [1.82, 2.24) is 10.2 Å². The van der Waals surface area contributed by atoms with E-state index in [0.717, 1.165) is 38.2 Å². The zero-order valence-corrected chi connectivity index (χ0v) is 14.9. The molecule has 23 heavy (non-hydrogen) atoms. The van der Waals surface area contributed by atoms with Crippen LogP contribution in [0.15, 0.2) is 18.2 Å². The average Bonchev–Trinajstić information content (AvgIpc) is 2.59. The van der Waals surface area contributed by atoms with Gasteiger partial charge < -0.3 is 19.7 Å². The van der Waals surface area contributed by atoms with E-state index < -0.39 is 0 Å². The molecule has 5 nitrogen and oxygen atoms in total. The Kier molecular flexibility index (Phi) is 9.14. The summed E-state index contributed by atoms with van der Waals surface area (Å²) >= 11 is 0. The molecule has 0 aliphatic carbocycles. The van der Waals surface area contributed by atoms with Gasteiger partial charge in [0.1, 0.15) is 0 Å². The van der Waals surface area contributed by atoms with Crippen LogP contribution in [0.1, 0.15) is 32.3 Å². The van der Waals surface area contributed by atoms with Gasteiger partial charge in [-0.2, -0.15) is 0 Å². The minimum atomic E-state index is 0.0966. The number of benzene rings is 1. The highest BCUT2D eigenvalue weighted by Crippen LogP contribution is 2.27. The van der Waals surface area contributed by atoms with E-state index in [0.29, 0.717) is 24.3 Å². The Labute approximate surface area is 140 Å². The molecule has 0 aliphatic heterocycles. The summed E-state index contributed by atoms with van der Waals surface area (Å²) in [7, 11) is 3.23. The number of hydrogen-bond donors (Lipinski definition) is 1. The standard InChI is InChI=1S/C18H30N2O3/c1-5-20(6-2)13-7-12-19-18(21)11-9-15-8-10-16(22-3)17(14-15)23-4/h8,10,14H,5-7,9,11-13H2,1-4H3,(H,19,21). The van der Waals surface area contributed by atoms with Gasteiger partial charge in [-0.25, -0.2) is 0 Å². The summed E-state index contributed by atoms with van der Waals surface area (Å²) < 4.78 is 10.5. The fraction of sp³-hybridized carbons (Fsp3) is 0.611. The Hall–Kier alpha value is -1.75. The van der Waals surface area contributed by atoms with Gasteiger partial charge in [-0.1, -0.05) is 19.9 Å². The van der Waals surface area contributed by atoms with Crippen molar-refractivity contribution in [3.05, 3.63) is 23.8 Å². The van der Waals surface area contributed by atoms with Crippen LogP contribution in [-0.2, 0) is 11.2 Å². The predicted octanol–water partition coefficient (Wildman–Crippen LogP) is 2.48. The SMILES string of the molecule is CCN(CC)CCCNC(=O)CCc1ccc(OC)c(OC)c1. The summed E-state index contributed by atoms with van der Waals surface area (Å²) in [5.41, 5.74) is 1.07. The first kappa shape index (κ1) is 19.3. The number of nitrogens with zero attached hydrogens (tertiary/aromatic N) is 1. The van der Waals surface area contributed by atoms with Gasteiger partial charge in [-0.05, 0) is 50.2 Å². The fourth-order valence-corrected chi connectivity index (χ4v) is 2.45. The molecule has 0 aromatic heterocycles. The molecular formula is C18H30N2O3. The van der Waals surface area contributed by atoms with Crippen molar-refractivity contribution < 1.29 is 14.3 Å². The third kappa shape index (κ3) is 6.91.